The molecule has 1 unspecified atom stereocenters. The third-order valence-electron chi connectivity index (χ3n) is 6.69. The zero-order chi connectivity index (χ0) is 24.6. The molecule has 0 spiro atoms. The van der Waals surface area contributed by atoms with Crippen LogP contribution in [-0.4, -0.2) is 41.6 Å². The number of benzene rings is 1. The SMILES string of the molecule is CC(=O)NCCNc1cc(C)nc(NC(=O)Nc2ccc3c(c2)C(C2CCCCCCC2)CO3)n1. The van der Waals surface area contributed by atoms with Crippen molar-refractivity contribution < 1.29 is 14.3 Å². The first kappa shape index (κ1) is 24.8. The van der Waals surface area contributed by atoms with Crippen molar-refractivity contribution in [1.82, 2.24) is 15.3 Å². The van der Waals surface area contributed by atoms with E-state index in [4.69, 9.17) is 4.74 Å². The van der Waals surface area contributed by atoms with E-state index in [-0.39, 0.29) is 11.9 Å². The van der Waals surface area contributed by atoms with Crippen molar-refractivity contribution in [2.75, 3.05) is 35.6 Å². The number of nitrogens with zero attached hydrogens (tertiary/aromatic N) is 2. The molecule has 2 aliphatic rings. The van der Waals surface area contributed by atoms with Crippen LogP contribution in [0.5, 0.6) is 5.75 Å². The van der Waals surface area contributed by atoms with Gasteiger partial charge in [-0.1, -0.05) is 32.1 Å². The van der Waals surface area contributed by atoms with E-state index in [0.29, 0.717) is 36.4 Å². The van der Waals surface area contributed by atoms with E-state index in [1.54, 1.807) is 6.07 Å². The number of aryl methyl sites for hydroxylation is 1. The highest BCUT2D eigenvalue weighted by atomic mass is 16.5. The number of hydrogen-bond donors (Lipinski definition) is 4. The number of urea groups is 1. The summed E-state index contributed by atoms with van der Waals surface area (Å²) in [4.78, 5) is 32.4. The van der Waals surface area contributed by atoms with Gasteiger partial charge in [0.1, 0.15) is 11.6 Å². The summed E-state index contributed by atoms with van der Waals surface area (Å²) in [6.45, 7) is 5.03. The van der Waals surface area contributed by atoms with Crippen molar-refractivity contribution in [2.24, 2.45) is 5.92 Å². The third kappa shape index (κ3) is 7.07. The number of rotatable bonds is 7. The number of amides is 3. The minimum absolute atomic E-state index is 0.0844. The number of hydrogen-bond acceptors (Lipinski definition) is 6. The molecule has 1 atom stereocenters. The van der Waals surface area contributed by atoms with E-state index in [9.17, 15) is 9.59 Å². The molecule has 9 nitrogen and oxygen atoms in total. The number of fused-ring (bicyclic) bond motifs is 1. The van der Waals surface area contributed by atoms with E-state index in [1.165, 1.54) is 57.4 Å². The van der Waals surface area contributed by atoms with E-state index < -0.39 is 6.03 Å². The van der Waals surface area contributed by atoms with Crippen molar-refractivity contribution in [1.29, 1.82) is 0 Å². The molecule has 2 heterocycles. The molecule has 1 aliphatic carbocycles. The number of anilines is 3. The van der Waals surface area contributed by atoms with E-state index in [2.05, 4.69) is 37.3 Å². The largest absolute Gasteiger partial charge is 0.493 e. The standard InChI is InChI=1S/C26H36N6O3/c1-17-14-24(28-13-12-27-18(2)33)31-25(29-17)32-26(34)30-20-10-11-23-21(15-20)22(16-35-23)19-8-6-4-3-5-7-9-19/h10-11,14-15,19,22H,3-9,12-13,16H2,1-2H3,(H,27,33)(H3,28,29,30,31,32,34). The Morgan fingerprint density at radius 3 is 2.54 bits per heavy atom. The fourth-order valence-electron chi connectivity index (χ4n) is 5.00. The average molecular weight is 481 g/mol. The summed E-state index contributed by atoms with van der Waals surface area (Å²) in [7, 11) is 0. The van der Waals surface area contributed by atoms with Gasteiger partial charge in [0.25, 0.3) is 0 Å². The second-order valence-electron chi connectivity index (χ2n) is 9.48. The van der Waals surface area contributed by atoms with Crippen LogP contribution in [-0.2, 0) is 4.79 Å². The van der Waals surface area contributed by atoms with E-state index >= 15 is 0 Å². The van der Waals surface area contributed by atoms with E-state index in [1.807, 2.05) is 19.1 Å². The maximum atomic E-state index is 12.7. The van der Waals surface area contributed by atoms with Gasteiger partial charge in [0.15, 0.2) is 0 Å². The molecule has 0 radical (unpaired) electrons. The summed E-state index contributed by atoms with van der Waals surface area (Å²) in [6.07, 6.45) is 9.08. The van der Waals surface area contributed by atoms with Crippen LogP contribution in [0, 0.1) is 12.8 Å². The van der Waals surface area contributed by atoms with Crippen LogP contribution in [0.1, 0.15) is 69.0 Å². The molecule has 4 N–H and O–H groups in total. The molecule has 1 fully saturated rings. The average Bonchev–Trinajstić information content (AvgIpc) is 3.19. The lowest BCUT2D eigenvalue weighted by Crippen LogP contribution is -2.26. The summed E-state index contributed by atoms with van der Waals surface area (Å²) in [6, 6.07) is 7.25. The Labute approximate surface area is 206 Å². The Morgan fingerprint density at radius 2 is 1.77 bits per heavy atom. The molecule has 35 heavy (non-hydrogen) atoms. The zero-order valence-corrected chi connectivity index (χ0v) is 20.7. The first-order chi connectivity index (χ1) is 17.0. The minimum Gasteiger partial charge on any atom is -0.493 e. The fraction of sp³-hybridized carbons (Fsp3) is 0.538. The molecule has 1 aromatic heterocycles. The van der Waals surface area contributed by atoms with Gasteiger partial charge in [0, 0.05) is 48.9 Å². The van der Waals surface area contributed by atoms with Gasteiger partial charge in [0.05, 0.1) is 6.61 Å². The van der Waals surface area contributed by atoms with Gasteiger partial charge in [-0.05, 0) is 43.9 Å². The van der Waals surface area contributed by atoms with Gasteiger partial charge in [0.2, 0.25) is 11.9 Å². The summed E-state index contributed by atoms with van der Waals surface area (Å²) < 4.78 is 5.99. The number of nitrogens with one attached hydrogen (secondary N) is 4. The van der Waals surface area contributed by atoms with Gasteiger partial charge >= 0.3 is 6.03 Å². The van der Waals surface area contributed by atoms with E-state index in [0.717, 1.165) is 18.0 Å². The second-order valence-corrected chi connectivity index (χ2v) is 9.48. The predicted octanol–water partition coefficient (Wildman–Crippen LogP) is 4.81. The topological polar surface area (TPSA) is 117 Å². The zero-order valence-electron chi connectivity index (χ0n) is 20.7. The highest BCUT2D eigenvalue weighted by molar-refractivity contribution is 5.98. The molecule has 2 aromatic rings. The van der Waals surface area contributed by atoms with Crippen molar-refractivity contribution in [3.63, 3.8) is 0 Å². The first-order valence-electron chi connectivity index (χ1n) is 12.7. The molecule has 4 rings (SSSR count). The maximum absolute atomic E-state index is 12.7. The highest BCUT2D eigenvalue weighted by Crippen LogP contribution is 2.43. The van der Waals surface area contributed by atoms with Gasteiger partial charge in [-0.2, -0.15) is 4.98 Å². The Bertz CT molecular complexity index is 1040. The smallest absolute Gasteiger partial charge is 0.326 e. The molecule has 1 aromatic carbocycles. The van der Waals surface area contributed by atoms with Crippen LogP contribution >= 0.6 is 0 Å². The summed E-state index contributed by atoms with van der Waals surface area (Å²) in [5.41, 5.74) is 2.64. The Morgan fingerprint density at radius 1 is 1.00 bits per heavy atom. The van der Waals surface area contributed by atoms with Crippen LogP contribution in [0.25, 0.3) is 0 Å². The van der Waals surface area contributed by atoms with Crippen LogP contribution in [0.15, 0.2) is 24.3 Å². The molecule has 9 heteroatoms. The van der Waals surface area contributed by atoms with Crippen LogP contribution in [0.2, 0.25) is 0 Å². The molecule has 0 bridgehead atoms. The summed E-state index contributed by atoms with van der Waals surface area (Å²) in [5.74, 6) is 2.66. The van der Waals surface area contributed by atoms with Crippen molar-refractivity contribution in [3.05, 3.63) is 35.5 Å². The lowest BCUT2D eigenvalue weighted by atomic mass is 9.79. The monoisotopic (exact) mass is 480 g/mol. The maximum Gasteiger partial charge on any atom is 0.326 e. The third-order valence-corrected chi connectivity index (χ3v) is 6.69. The highest BCUT2D eigenvalue weighted by Gasteiger charge is 2.31. The normalized spacial score (nSPS) is 17.9. The van der Waals surface area contributed by atoms with Crippen LogP contribution in [0.3, 0.4) is 0 Å². The number of ether oxygens (including phenoxy) is 1. The molecule has 1 saturated carbocycles. The number of aromatic nitrogens is 2. The number of carbonyl (C=O) groups is 2. The quantitative estimate of drug-likeness (QED) is 0.422. The summed E-state index contributed by atoms with van der Waals surface area (Å²) in [5, 5.41) is 11.5. The lowest BCUT2D eigenvalue weighted by Gasteiger charge is -2.25. The van der Waals surface area contributed by atoms with Gasteiger partial charge in [-0.25, -0.2) is 9.78 Å². The van der Waals surface area contributed by atoms with Crippen LogP contribution < -0.4 is 26.0 Å². The van der Waals surface area contributed by atoms with Gasteiger partial charge < -0.3 is 20.7 Å². The first-order valence-corrected chi connectivity index (χ1v) is 12.7. The van der Waals surface area contributed by atoms with Gasteiger partial charge in [-0.3, -0.25) is 10.1 Å². The Balaban J connectivity index is 1.37. The fourth-order valence-corrected chi connectivity index (χ4v) is 5.00. The molecule has 0 saturated heterocycles. The molecule has 188 valence electrons. The predicted molar refractivity (Wildman–Crippen MR) is 137 cm³/mol. The minimum atomic E-state index is -0.402. The second kappa shape index (κ2) is 11.9. The van der Waals surface area contributed by atoms with Crippen molar-refractivity contribution in [3.8, 4) is 5.75 Å². The molecule has 3 amide bonds. The Kier molecular flexibility index (Phi) is 8.39. The lowest BCUT2D eigenvalue weighted by molar-refractivity contribution is -0.118. The Hall–Kier alpha value is -3.36. The van der Waals surface area contributed by atoms with Crippen LogP contribution in [0.4, 0.5) is 22.2 Å². The number of carbonyl (C=O) groups excluding carboxylic acids is 2. The summed E-state index contributed by atoms with van der Waals surface area (Å²) >= 11 is 0. The molecule has 1 aliphatic heterocycles. The van der Waals surface area contributed by atoms with Gasteiger partial charge in [-0.15, -0.1) is 0 Å². The van der Waals surface area contributed by atoms with Crippen molar-refractivity contribution in [2.45, 2.75) is 64.7 Å². The molecular formula is C26H36N6O3. The van der Waals surface area contributed by atoms with Crippen molar-refractivity contribution >= 4 is 29.4 Å². The molecular weight excluding hydrogens is 444 g/mol.